The van der Waals surface area contributed by atoms with E-state index in [4.69, 9.17) is 16.3 Å². The standard InChI is InChI=1S/C19H23ClN6O3S/c1-12(2)26-16(24-25-19(26)14-5-7-21-8-6-14)11-30(27,28)13(3)17(29-4)18-22-9-15(20)10-23-18/h5-10,12-13,17H,11H2,1-4H3/t13-,17-/m0/s1. The predicted octanol–water partition coefficient (Wildman–Crippen LogP) is 3.06. The van der Waals surface area contributed by atoms with Gasteiger partial charge in [-0.05, 0) is 32.9 Å². The fourth-order valence-electron chi connectivity index (χ4n) is 3.14. The molecular weight excluding hydrogens is 428 g/mol. The van der Waals surface area contributed by atoms with Gasteiger partial charge in [0.05, 0.1) is 10.3 Å². The Morgan fingerprint density at radius 2 is 1.73 bits per heavy atom. The lowest BCUT2D eigenvalue weighted by atomic mass is 10.2. The van der Waals surface area contributed by atoms with Crippen LogP contribution in [0.25, 0.3) is 11.4 Å². The van der Waals surface area contributed by atoms with Gasteiger partial charge in [0.25, 0.3) is 0 Å². The number of methoxy groups -OCH3 is 1. The molecule has 3 rings (SSSR count). The first-order valence-electron chi connectivity index (χ1n) is 9.30. The van der Waals surface area contributed by atoms with E-state index in [1.165, 1.54) is 19.5 Å². The topological polar surface area (TPSA) is 113 Å². The smallest absolute Gasteiger partial charge is 0.164 e. The molecule has 0 aromatic carbocycles. The summed E-state index contributed by atoms with van der Waals surface area (Å²) in [5, 5.41) is 7.86. The van der Waals surface area contributed by atoms with Gasteiger partial charge >= 0.3 is 0 Å². The molecule has 160 valence electrons. The maximum atomic E-state index is 13.2. The molecule has 0 saturated carbocycles. The number of halogens is 1. The van der Waals surface area contributed by atoms with E-state index in [0.717, 1.165) is 5.56 Å². The summed E-state index contributed by atoms with van der Waals surface area (Å²) in [4.78, 5) is 12.2. The summed E-state index contributed by atoms with van der Waals surface area (Å²) in [6, 6.07) is 3.58. The molecule has 0 spiro atoms. The van der Waals surface area contributed by atoms with Gasteiger partial charge in [0.15, 0.2) is 21.5 Å². The highest BCUT2D eigenvalue weighted by molar-refractivity contribution is 7.91. The normalized spacial score (nSPS) is 14.1. The molecule has 30 heavy (non-hydrogen) atoms. The number of ether oxygens (including phenoxy) is 1. The summed E-state index contributed by atoms with van der Waals surface area (Å²) in [5.74, 6) is 0.906. The van der Waals surface area contributed by atoms with Crippen molar-refractivity contribution in [3.8, 4) is 11.4 Å². The Hall–Kier alpha value is -2.43. The lowest BCUT2D eigenvalue weighted by molar-refractivity contribution is 0.0948. The quantitative estimate of drug-likeness (QED) is 0.514. The van der Waals surface area contributed by atoms with Crippen molar-refractivity contribution in [2.45, 2.75) is 43.9 Å². The summed E-state index contributed by atoms with van der Waals surface area (Å²) in [7, 11) is -2.26. The zero-order chi connectivity index (χ0) is 21.9. The maximum Gasteiger partial charge on any atom is 0.164 e. The molecule has 0 fully saturated rings. The lowest BCUT2D eigenvalue weighted by Crippen LogP contribution is -2.30. The third-order valence-electron chi connectivity index (χ3n) is 4.69. The van der Waals surface area contributed by atoms with E-state index in [-0.39, 0.29) is 17.6 Å². The average Bonchev–Trinajstić information content (AvgIpc) is 3.13. The van der Waals surface area contributed by atoms with Gasteiger partial charge in [-0.15, -0.1) is 10.2 Å². The van der Waals surface area contributed by atoms with Crippen LogP contribution in [0.5, 0.6) is 0 Å². The van der Waals surface area contributed by atoms with E-state index < -0.39 is 21.2 Å². The van der Waals surface area contributed by atoms with Gasteiger partial charge in [0, 0.05) is 43.5 Å². The molecule has 0 bridgehead atoms. The first kappa shape index (κ1) is 22.3. The highest BCUT2D eigenvalue weighted by Crippen LogP contribution is 2.28. The second-order valence-electron chi connectivity index (χ2n) is 7.07. The van der Waals surface area contributed by atoms with Crippen molar-refractivity contribution in [2.24, 2.45) is 0 Å². The molecule has 11 heteroatoms. The Morgan fingerprint density at radius 1 is 1.10 bits per heavy atom. The van der Waals surface area contributed by atoms with Crippen molar-refractivity contribution in [3.05, 3.63) is 53.6 Å². The second-order valence-corrected chi connectivity index (χ2v) is 9.86. The summed E-state index contributed by atoms with van der Waals surface area (Å²) in [6.07, 6.45) is 5.28. The molecular formula is C19H23ClN6O3S. The van der Waals surface area contributed by atoms with Crippen LogP contribution < -0.4 is 0 Å². The summed E-state index contributed by atoms with van der Waals surface area (Å²) in [5.41, 5.74) is 0.812. The van der Waals surface area contributed by atoms with Crippen LogP contribution in [0, 0.1) is 0 Å². The Morgan fingerprint density at radius 3 is 2.30 bits per heavy atom. The first-order valence-corrected chi connectivity index (χ1v) is 11.4. The third kappa shape index (κ3) is 4.66. The van der Waals surface area contributed by atoms with Crippen molar-refractivity contribution in [3.63, 3.8) is 0 Å². The highest BCUT2D eigenvalue weighted by Gasteiger charge is 2.34. The molecule has 9 nitrogen and oxygen atoms in total. The van der Waals surface area contributed by atoms with Crippen LogP contribution in [0.3, 0.4) is 0 Å². The van der Waals surface area contributed by atoms with Crippen molar-refractivity contribution < 1.29 is 13.2 Å². The summed E-state index contributed by atoms with van der Waals surface area (Å²) >= 11 is 5.83. The molecule has 2 atom stereocenters. The molecule has 0 radical (unpaired) electrons. The number of aromatic nitrogens is 6. The van der Waals surface area contributed by atoms with Crippen LogP contribution in [-0.4, -0.2) is 50.5 Å². The molecule has 0 N–H and O–H groups in total. The van der Waals surface area contributed by atoms with Crippen LogP contribution in [0.1, 0.15) is 44.6 Å². The minimum absolute atomic E-state index is 0.0403. The number of hydrogen-bond acceptors (Lipinski definition) is 8. The Kier molecular flexibility index (Phi) is 6.79. The minimum Gasteiger partial charge on any atom is -0.372 e. The van der Waals surface area contributed by atoms with Gasteiger partial charge in [-0.25, -0.2) is 18.4 Å². The van der Waals surface area contributed by atoms with Gasteiger partial charge < -0.3 is 9.30 Å². The van der Waals surface area contributed by atoms with Gasteiger partial charge in [-0.2, -0.15) is 0 Å². The SMILES string of the molecule is CO[C@H](c1ncc(Cl)cn1)[C@H](C)S(=O)(=O)Cc1nnc(-c2ccncc2)n1C(C)C. The highest BCUT2D eigenvalue weighted by atomic mass is 35.5. The largest absolute Gasteiger partial charge is 0.372 e. The van der Waals surface area contributed by atoms with E-state index in [1.807, 2.05) is 30.5 Å². The summed E-state index contributed by atoms with van der Waals surface area (Å²) < 4.78 is 33.7. The molecule has 0 unspecified atom stereocenters. The van der Waals surface area contributed by atoms with Crippen molar-refractivity contribution in [1.82, 2.24) is 29.7 Å². The predicted molar refractivity (Wildman–Crippen MR) is 113 cm³/mol. The number of hydrogen-bond donors (Lipinski definition) is 0. The fourth-order valence-corrected chi connectivity index (χ4v) is 4.67. The Bertz CT molecular complexity index is 1090. The first-order chi connectivity index (χ1) is 14.2. The zero-order valence-corrected chi connectivity index (χ0v) is 18.7. The number of sulfone groups is 1. The minimum atomic E-state index is -3.68. The van der Waals surface area contributed by atoms with Crippen LogP contribution >= 0.6 is 11.6 Å². The van der Waals surface area contributed by atoms with Gasteiger partial charge in [-0.3, -0.25) is 4.98 Å². The average molecular weight is 451 g/mol. The maximum absolute atomic E-state index is 13.2. The zero-order valence-electron chi connectivity index (χ0n) is 17.1. The van der Waals surface area contributed by atoms with Crippen LogP contribution in [-0.2, 0) is 20.3 Å². The number of pyridine rings is 1. The Balaban J connectivity index is 1.92. The van der Waals surface area contributed by atoms with Crippen molar-refractivity contribution in [1.29, 1.82) is 0 Å². The van der Waals surface area contributed by atoms with E-state index in [9.17, 15) is 8.42 Å². The number of nitrogens with zero attached hydrogens (tertiary/aromatic N) is 6. The van der Waals surface area contributed by atoms with Crippen molar-refractivity contribution in [2.75, 3.05) is 7.11 Å². The molecule has 3 heterocycles. The van der Waals surface area contributed by atoms with Crippen molar-refractivity contribution >= 4 is 21.4 Å². The molecule has 0 aliphatic carbocycles. The molecule has 0 amide bonds. The van der Waals surface area contributed by atoms with Crippen LogP contribution in [0.2, 0.25) is 5.02 Å². The van der Waals surface area contributed by atoms with Gasteiger partial charge in [0.1, 0.15) is 17.7 Å². The van der Waals surface area contributed by atoms with Gasteiger partial charge in [-0.1, -0.05) is 11.6 Å². The second kappa shape index (κ2) is 9.15. The number of rotatable bonds is 8. The van der Waals surface area contributed by atoms with E-state index in [2.05, 4.69) is 25.1 Å². The molecule has 0 aliphatic heterocycles. The lowest BCUT2D eigenvalue weighted by Gasteiger charge is -2.22. The third-order valence-corrected chi connectivity index (χ3v) is 6.93. The molecule has 3 aromatic rings. The Labute approximate surface area is 180 Å². The summed E-state index contributed by atoms with van der Waals surface area (Å²) in [6.45, 7) is 5.47. The molecule has 0 saturated heterocycles. The fraction of sp³-hybridized carbons (Fsp3) is 0.421. The van der Waals surface area contributed by atoms with E-state index in [0.29, 0.717) is 16.7 Å². The van der Waals surface area contributed by atoms with E-state index >= 15 is 0 Å². The van der Waals surface area contributed by atoms with Gasteiger partial charge in [0.2, 0.25) is 0 Å². The monoisotopic (exact) mass is 450 g/mol. The van der Waals surface area contributed by atoms with E-state index in [1.54, 1.807) is 19.3 Å². The van der Waals surface area contributed by atoms with Crippen LogP contribution in [0.4, 0.5) is 0 Å². The van der Waals surface area contributed by atoms with Crippen LogP contribution in [0.15, 0.2) is 36.9 Å². The molecule has 3 aromatic heterocycles. The molecule has 0 aliphatic rings.